The monoisotopic (exact) mass is 423 g/mol. The van der Waals surface area contributed by atoms with Gasteiger partial charge in [0, 0.05) is 11.4 Å². The zero-order chi connectivity index (χ0) is 24.7. The van der Waals surface area contributed by atoms with Crippen molar-refractivity contribution < 1.29 is 0 Å². The van der Waals surface area contributed by atoms with Gasteiger partial charge in [0.2, 0.25) is 0 Å². The molecule has 0 aromatic heterocycles. The number of rotatable bonds is 7. The van der Waals surface area contributed by atoms with Crippen LogP contribution in [-0.2, 0) is 5.41 Å². The highest BCUT2D eigenvalue weighted by Crippen LogP contribution is 2.28. The van der Waals surface area contributed by atoms with Gasteiger partial charge in [-0.25, -0.2) is 0 Å². The van der Waals surface area contributed by atoms with Crippen molar-refractivity contribution in [3.63, 3.8) is 0 Å². The van der Waals surface area contributed by atoms with E-state index in [0.717, 1.165) is 17.0 Å². The van der Waals surface area contributed by atoms with E-state index in [0.29, 0.717) is 5.41 Å². The summed E-state index contributed by atoms with van der Waals surface area (Å²) in [5.41, 5.74) is 6.36. The average Bonchev–Trinajstić information content (AvgIpc) is 2.68. The molecule has 0 saturated carbocycles. The van der Waals surface area contributed by atoms with Crippen LogP contribution in [0.15, 0.2) is 85.1 Å². The molecular weight excluding hydrogens is 374 g/mol. The smallest absolute Gasteiger partial charge is 0.0384 e. The summed E-state index contributed by atoms with van der Waals surface area (Å²) in [6, 6.07) is 8.50. The Morgan fingerprint density at radius 3 is 1.81 bits per heavy atom. The first-order chi connectivity index (χ1) is 14.3. The van der Waals surface area contributed by atoms with Crippen LogP contribution in [-0.4, -0.2) is 0 Å². The van der Waals surface area contributed by atoms with E-state index in [1.54, 1.807) is 6.08 Å². The normalized spacial score (nSPS) is 11.9. The largest absolute Gasteiger partial charge is 0.356 e. The van der Waals surface area contributed by atoms with E-state index >= 15 is 0 Å². The predicted molar refractivity (Wildman–Crippen MR) is 146 cm³/mol. The molecule has 1 aromatic carbocycles. The van der Waals surface area contributed by atoms with Crippen LogP contribution in [0.1, 0.15) is 87.6 Å². The van der Waals surface area contributed by atoms with Gasteiger partial charge in [-0.15, -0.1) is 0 Å². The quantitative estimate of drug-likeness (QED) is 0.430. The van der Waals surface area contributed by atoms with E-state index in [1.807, 2.05) is 32.9 Å². The second kappa shape index (κ2) is 15.5. The number of benzene rings is 1. The Bertz CT molecular complexity index is 713. The molecule has 1 nitrogen and oxygen atoms in total. The fourth-order valence-corrected chi connectivity index (χ4v) is 2.75. The van der Waals surface area contributed by atoms with Crippen molar-refractivity contribution in [1.29, 1.82) is 0 Å². The van der Waals surface area contributed by atoms with Crippen molar-refractivity contribution in [3.05, 3.63) is 90.7 Å². The summed E-state index contributed by atoms with van der Waals surface area (Å²) in [5.74, 6) is 0. The summed E-state index contributed by atoms with van der Waals surface area (Å²) in [6.07, 6.45) is 10.2. The van der Waals surface area contributed by atoms with Crippen molar-refractivity contribution in [1.82, 2.24) is 0 Å². The molecule has 0 aliphatic heterocycles. The lowest BCUT2D eigenvalue weighted by Crippen LogP contribution is -2.10. The molecule has 0 spiro atoms. The van der Waals surface area contributed by atoms with Gasteiger partial charge in [0.15, 0.2) is 0 Å². The number of nitrogens with one attached hydrogen (secondary N) is 1. The SMILES string of the molecule is C=C/C(=C\C(=C)C)Nc1ccc(C(C)(C)C)cc1.C=C/C=C(\CCC)C(C)(C)C.CC. The molecule has 31 heavy (non-hydrogen) atoms. The van der Waals surface area contributed by atoms with Crippen LogP contribution in [0.25, 0.3) is 0 Å². The van der Waals surface area contributed by atoms with Crippen LogP contribution < -0.4 is 5.32 Å². The lowest BCUT2D eigenvalue weighted by atomic mass is 9.83. The molecule has 0 bridgehead atoms. The van der Waals surface area contributed by atoms with Gasteiger partial charge in [-0.2, -0.15) is 0 Å². The minimum Gasteiger partial charge on any atom is -0.356 e. The molecule has 0 unspecified atom stereocenters. The molecule has 0 aliphatic carbocycles. The number of hydrogen-bond donors (Lipinski definition) is 1. The molecule has 0 amide bonds. The topological polar surface area (TPSA) is 12.0 Å². The second-order valence-electron chi connectivity index (χ2n) is 9.53. The van der Waals surface area contributed by atoms with Gasteiger partial charge < -0.3 is 5.32 Å². The highest BCUT2D eigenvalue weighted by molar-refractivity contribution is 5.53. The lowest BCUT2D eigenvalue weighted by molar-refractivity contribution is 0.480. The first kappa shape index (κ1) is 30.9. The minimum absolute atomic E-state index is 0.188. The summed E-state index contributed by atoms with van der Waals surface area (Å²) in [6.45, 7) is 32.9. The molecule has 1 rings (SSSR count). The van der Waals surface area contributed by atoms with Crippen molar-refractivity contribution in [2.45, 2.75) is 87.5 Å². The van der Waals surface area contributed by atoms with Crippen LogP contribution in [0.4, 0.5) is 5.69 Å². The molecule has 0 saturated heterocycles. The third-order valence-corrected chi connectivity index (χ3v) is 4.46. The van der Waals surface area contributed by atoms with Gasteiger partial charge in [0.05, 0.1) is 0 Å². The second-order valence-corrected chi connectivity index (χ2v) is 9.53. The van der Waals surface area contributed by atoms with E-state index in [9.17, 15) is 0 Å². The Morgan fingerprint density at radius 2 is 1.48 bits per heavy atom. The molecule has 0 radical (unpaired) electrons. The van der Waals surface area contributed by atoms with Crippen molar-refractivity contribution in [3.8, 4) is 0 Å². The van der Waals surface area contributed by atoms with Crippen LogP contribution >= 0.6 is 0 Å². The number of hydrogen-bond acceptors (Lipinski definition) is 1. The molecule has 174 valence electrons. The summed E-state index contributed by atoms with van der Waals surface area (Å²) in [7, 11) is 0. The summed E-state index contributed by atoms with van der Waals surface area (Å²) >= 11 is 0. The molecule has 1 N–H and O–H groups in total. The van der Waals surface area contributed by atoms with E-state index < -0.39 is 0 Å². The lowest BCUT2D eigenvalue weighted by Gasteiger charge is -2.22. The standard InChI is InChI=1S/C17H23N.C11H20.C2H6/c1-7-15(12-13(2)3)18-16-10-8-14(9-11-16)17(4,5)6;1-6-8-10(9-7-2)11(3,4)5;1-2/h7-12,18H,1-2H2,3-6H3;6,8H,1,7,9H2,2-5H3;1-2H3/b15-12+;10-8+;. The highest BCUT2D eigenvalue weighted by Gasteiger charge is 2.14. The van der Waals surface area contributed by atoms with Gasteiger partial charge in [0.25, 0.3) is 0 Å². The Morgan fingerprint density at radius 1 is 0.968 bits per heavy atom. The first-order valence-corrected chi connectivity index (χ1v) is 11.5. The number of anilines is 1. The zero-order valence-corrected chi connectivity index (χ0v) is 22.2. The van der Waals surface area contributed by atoms with E-state index in [-0.39, 0.29) is 5.41 Å². The molecule has 0 fully saturated rings. The van der Waals surface area contributed by atoms with Gasteiger partial charge in [-0.05, 0) is 54.0 Å². The maximum Gasteiger partial charge on any atom is 0.0384 e. The average molecular weight is 424 g/mol. The molecular formula is C30H49N. The maximum atomic E-state index is 3.87. The fraction of sp³-hybridized carbons (Fsp3) is 0.467. The molecule has 0 aliphatic rings. The van der Waals surface area contributed by atoms with Gasteiger partial charge in [-0.3, -0.25) is 0 Å². The van der Waals surface area contributed by atoms with Crippen molar-refractivity contribution in [2.24, 2.45) is 5.41 Å². The van der Waals surface area contributed by atoms with Crippen LogP contribution in [0.3, 0.4) is 0 Å². The van der Waals surface area contributed by atoms with Gasteiger partial charge in [0.1, 0.15) is 0 Å². The minimum atomic E-state index is 0.188. The van der Waals surface area contributed by atoms with Crippen LogP contribution in [0.2, 0.25) is 0 Å². The summed E-state index contributed by atoms with van der Waals surface area (Å²) < 4.78 is 0. The van der Waals surface area contributed by atoms with Crippen LogP contribution in [0.5, 0.6) is 0 Å². The molecule has 0 heterocycles. The Kier molecular flexibility index (Phi) is 15.5. The predicted octanol–water partition coefficient (Wildman–Crippen LogP) is 10.0. The molecule has 1 aromatic rings. The third kappa shape index (κ3) is 14.4. The highest BCUT2D eigenvalue weighted by atomic mass is 14.9. The zero-order valence-electron chi connectivity index (χ0n) is 22.2. The molecule has 0 atom stereocenters. The van der Waals surface area contributed by atoms with Gasteiger partial charge >= 0.3 is 0 Å². The summed E-state index contributed by atoms with van der Waals surface area (Å²) in [4.78, 5) is 0. The van der Waals surface area contributed by atoms with Crippen molar-refractivity contribution in [2.75, 3.05) is 5.32 Å². The fourth-order valence-electron chi connectivity index (χ4n) is 2.75. The summed E-state index contributed by atoms with van der Waals surface area (Å²) in [5, 5.41) is 3.32. The van der Waals surface area contributed by atoms with E-state index in [1.165, 1.54) is 24.0 Å². The third-order valence-electron chi connectivity index (χ3n) is 4.46. The Balaban J connectivity index is 0. The Labute approximate surface area is 194 Å². The Hall–Kier alpha value is -2.28. The van der Waals surface area contributed by atoms with E-state index in [2.05, 4.69) is 104 Å². The molecule has 1 heteroatoms. The first-order valence-electron chi connectivity index (χ1n) is 11.5. The van der Waals surface area contributed by atoms with Crippen molar-refractivity contribution >= 4 is 5.69 Å². The van der Waals surface area contributed by atoms with Gasteiger partial charge in [-0.1, -0.05) is 124 Å². The van der Waals surface area contributed by atoms with Crippen LogP contribution in [0, 0.1) is 5.41 Å². The van der Waals surface area contributed by atoms with E-state index in [4.69, 9.17) is 0 Å². The number of allylic oxidation sites excluding steroid dienone is 6. The maximum absolute atomic E-state index is 3.87.